The lowest BCUT2D eigenvalue weighted by Crippen LogP contribution is -2.04. The van der Waals surface area contributed by atoms with E-state index in [1.54, 1.807) is 6.20 Å². The standard InChI is InChI=1S/C11H18N2OS/c1-9(6-14)7-15-8-10-4-3-5-13-11(10)12-2/h3-5,9,14H,6-8H2,1-2H3,(H,12,13). The molecule has 0 spiro atoms. The third kappa shape index (κ3) is 4.10. The van der Waals surface area contributed by atoms with Crippen LogP contribution in [0, 0.1) is 5.92 Å². The molecule has 0 aliphatic carbocycles. The van der Waals surface area contributed by atoms with Gasteiger partial charge in [0.15, 0.2) is 0 Å². The van der Waals surface area contributed by atoms with Crippen LogP contribution in [0.1, 0.15) is 12.5 Å². The lowest BCUT2D eigenvalue weighted by Gasteiger charge is -2.09. The lowest BCUT2D eigenvalue weighted by molar-refractivity contribution is 0.250. The summed E-state index contributed by atoms with van der Waals surface area (Å²) in [7, 11) is 1.88. The van der Waals surface area contributed by atoms with Crippen molar-refractivity contribution in [3.05, 3.63) is 23.9 Å². The smallest absolute Gasteiger partial charge is 0.129 e. The Labute approximate surface area is 95.3 Å². The minimum atomic E-state index is 0.263. The van der Waals surface area contributed by atoms with E-state index in [9.17, 15) is 0 Å². The number of nitrogens with one attached hydrogen (secondary N) is 1. The minimum Gasteiger partial charge on any atom is -0.396 e. The number of hydrogen-bond acceptors (Lipinski definition) is 4. The first-order valence-electron chi connectivity index (χ1n) is 5.08. The van der Waals surface area contributed by atoms with Gasteiger partial charge in [0.2, 0.25) is 0 Å². The summed E-state index contributed by atoms with van der Waals surface area (Å²) >= 11 is 1.83. The van der Waals surface area contributed by atoms with E-state index in [0.29, 0.717) is 5.92 Å². The van der Waals surface area contributed by atoms with Crippen molar-refractivity contribution in [2.45, 2.75) is 12.7 Å². The summed E-state index contributed by atoms with van der Waals surface area (Å²) in [4.78, 5) is 4.24. The molecule has 0 amide bonds. The van der Waals surface area contributed by atoms with E-state index in [0.717, 1.165) is 17.3 Å². The quantitative estimate of drug-likeness (QED) is 0.778. The molecule has 3 nitrogen and oxygen atoms in total. The molecule has 0 fully saturated rings. The van der Waals surface area contributed by atoms with Crippen LogP contribution in [0.15, 0.2) is 18.3 Å². The van der Waals surface area contributed by atoms with Crippen LogP contribution < -0.4 is 5.32 Å². The Bertz CT molecular complexity index is 294. The molecule has 84 valence electrons. The Kier molecular flexibility index (Phi) is 5.50. The fraction of sp³-hybridized carbons (Fsp3) is 0.545. The van der Waals surface area contributed by atoms with Gasteiger partial charge in [-0.2, -0.15) is 11.8 Å². The van der Waals surface area contributed by atoms with E-state index >= 15 is 0 Å². The molecule has 1 heterocycles. The van der Waals surface area contributed by atoms with Crippen LogP contribution in [0.5, 0.6) is 0 Å². The summed E-state index contributed by atoms with van der Waals surface area (Å²) in [5.41, 5.74) is 1.22. The first-order chi connectivity index (χ1) is 7.27. The zero-order valence-electron chi connectivity index (χ0n) is 9.23. The summed E-state index contributed by atoms with van der Waals surface area (Å²) < 4.78 is 0. The first-order valence-corrected chi connectivity index (χ1v) is 6.23. The van der Waals surface area contributed by atoms with Gasteiger partial charge in [-0.05, 0) is 17.7 Å². The number of pyridine rings is 1. The molecule has 0 radical (unpaired) electrons. The highest BCUT2D eigenvalue weighted by molar-refractivity contribution is 7.98. The molecule has 0 saturated carbocycles. The Morgan fingerprint density at radius 3 is 3.07 bits per heavy atom. The van der Waals surface area contributed by atoms with Crippen LogP contribution in [0.3, 0.4) is 0 Å². The molecular formula is C11H18N2OS. The molecule has 0 saturated heterocycles. The predicted octanol–water partition coefficient (Wildman–Crippen LogP) is 1.98. The fourth-order valence-electron chi connectivity index (χ4n) is 1.20. The normalized spacial score (nSPS) is 12.5. The summed E-state index contributed by atoms with van der Waals surface area (Å²) in [6, 6.07) is 4.03. The van der Waals surface area contributed by atoms with Crippen LogP contribution in [0.4, 0.5) is 5.82 Å². The molecule has 1 aromatic rings. The van der Waals surface area contributed by atoms with Crippen LogP contribution >= 0.6 is 11.8 Å². The van der Waals surface area contributed by atoms with Crippen molar-refractivity contribution in [1.82, 2.24) is 4.98 Å². The highest BCUT2D eigenvalue weighted by atomic mass is 32.2. The number of thioether (sulfide) groups is 1. The van der Waals surface area contributed by atoms with Crippen LogP contribution in [0.2, 0.25) is 0 Å². The number of aliphatic hydroxyl groups is 1. The number of anilines is 1. The van der Waals surface area contributed by atoms with E-state index in [1.807, 2.05) is 24.9 Å². The Morgan fingerprint density at radius 2 is 2.40 bits per heavy atom. The van der Waals surface area contributed by atoms with Crippen LogP contribution in [0.25, 0.3) is 0 Å². The van der Waals surface area contributed by atoms with Gasteiger partial charge in [0, 0.05) is 31.2 Å². The highest BCUT2D eigenvalue weighted by Crippen LogP contribution is 2.19. The predicted molar refractivity (Wildman–Crippen MR) is 66.2 cm³/mol. The van der Waals surface area contributed by atoms with Crippen molar-refractivity contribution in [3.8, 4) is 0 Å². The maximum atomic E-state index is 8.89. The van der Waals surface area contributed by atoms with E-state index in [2.05, 4.69) is 23.3 Å². The van der Waals surface area contributed by atoms with Crippen molar-refractivity contribution >= 4 is 17.6 Å². The second kappa shape index (κ2) is 6.69. The number of aliphatic hydroxyl groups excluding tert-OH is 1. The van der Waals surface area contributed by atoms with Crippen LogP contribution in [-0.2, 0) is 5.75 Å². The third-order valence-electron chi connectivity index (χ3n) is 2.10. The van der Waals surface area contributed by atoms with Crippen molar-refractivity contribution in [3.63, 3.8) is 0 Å². The van der Waals surface area contributed by atoms with Crippen molar-refractivity contribution in [2.75, 3.05) is 24.7 Å². The fourth-order valence-corrected chi connectivity index (χ4v) is 2.28. The van der Waals surface area contributed by atoms with Gasteiger partial charge in [0.25, 0.3) is 0 Å². The largest absolute Gasteiger partial charge is 0.396 e. The molecule has 4 heteroatoms. The van der Waals surface area contributed by atoms with Gasteiger partial charge in [0.1, 0.15) is 5.82 Å². The van der Waals surface area contributed by atoms with Gasteiger partial charge in [-0.15, -0.1) is 0 Å². The number of rotatable bonds is 6. The summed E-state index contributed by atoms with van der Waals surface area (Å²) in [6.07, 6.45) is 1.79. The molecule has 1 rings (SSSR count). The average Bonchev–Trinajstić information content (AvgIpc) is 2.29. The Hall–Kier alpha value is -0.740. The summed E-state index contributed by atoms with van der Waals surface area (Å²) in [6.45, 7) is 2.31. The van der Waals surface area contributed by atoms with Gasteiger partial charge in [0.05, 0.1) is 0 Å². The molecule has 1 atom stereocenters. The zero-order valence-corrected chi connectivity index (χ0v) is 10.0. The average molecular weight is 226 g/mol. The molecule has 0 aliphatic heterocycles. The Balaban J connectivity index is 2.43. The van der Waals surface area contributed by atoms with E-state index in [4.69, 9.17) is 5.11 Å². The number of nitrogens with zero attached hydrogens (tertiary/aromatic N) is 1. The molecule has 1 aromatic heterocycles. The van der Waals surface area contributed by atoms with Crippen LogP contribution in [-0.4, -0.2) is 29.5 Å². The molecule has 0 aromatic carbocycles. The highest BCUT2D eigenvalue weighted by Gasteiger charge is 2.03. The molecule has 0 aliphatic rings. The van der Waals surface area contributed by atoms with Gasteiger partial charge in [-0.3, -0.25) is 0 Å². The molecular weight excluding hydrogens is 208 g/mol. The maximum absolute atomic E-state index is 8.89. The maximum Gasteiger partial charge on any atom is 0.129 e. The summed E-state index contributed by atoms with van der Waals surface area (Å²) in [5, 5.41) is 12.0. The molecule has 2 N–H and O–H groups in total. The molecule has 0 bridgehead atoms. The monoisotopic (exact) mass is 226 g/mol. The van der Waals surface area contributed by atoms with Gasteiger partial charge in [-0.25, -0.2) is 4.98 Å². The Morgan fingerprint density at radius 1 is 1.60 bits per heavy atom. The van der Waals surface area contributed by atoms with Gasteiger partial charge < -0.3 is 10.4 Å². The van der Waals surface area contributed by atoms with Crippen molar-refractivity contribution in [1.29, 1.82) is 0 Å². The first kappa shape index (κ1) is 12.3. The molecule has 15 heavy (non-hydrogen) atoms. The van der Waals surface area contributed by atoms with E-state index in [1.165, 1.54) is 5.56 Å². The lowest BCUT2D eigenvalue weighted by atomic mass is 10.2. The SMILES string of the molecule is CNc1ncccc1CSCC(C)CO. The topological polar surface area (TPSA) is 45.2 Å². The van der Waals surface area contributed by atoms with Crippen molar-refractivity contribution < 1.29 is 5.11 Å². The zero-order chi connectivity index (χ0) is 11.1. The van der Waals surface area contributed by atoms with E-state index in [-0.39, 0.29) is 6.61 Å². The third-order valence-corrected chi connectivity index (χ3v) is 3.42. The number of hydrogen-bond donors (Lipinski definition) is 2. The van der Waals surface area contributed by atoms with Gasteiger partial charge in [-0.1, -0.05) is 13.0 Å². The van der Waals surface area contributed by atoms with Gasteiger partial charge >= 0.3 is 0 Å². The van der Waals surface area contributed by atoms with Crippen molar-refractivity contribution in [2.24, 2.45) is 5.92 Å². The van der Waals surface area contributed by atoms with E-state index < -0.39 is 0 Å². The second-order valence-corrected chi connectivity index (χ2v) is 4.59. The molecule has 1 unspecified atom stereocenters. The minimum absolute atomic E-state index is 0.263. The second-order valence-electron chi connectivity index (χ2n) is 3.56. The summed E-state index contributed by atoms with van der Waals surface area (Å²) in [5.74, 6) is 3.23. The number of aromatic nitrogens is 1.